The molecule has 2 aromatic rings. The van der Waals surface area contributed by atoms with E-state index >= 15 is 0 Å². The first-order valence-electron chi connectivity index (χ1n) is 11.6. The highest BCUT2D eigenvalue weighted by atomic mass is 32.2. The molecule has 2 saturated heterocycles. The molecular formula is C23H29N5O6S. The number of nitrogens with zero attached hydrogens (tertiary/aromatic N) is 3. The number of hydrogen-bond donors (Lipinski definition) is 2. The number of rotatable bonds is 5. The van der Waals surface area contributed by atoms with Crippen LogP contribution >= 0.6 is 0 Å². The van der Waals surface area contributed by atoms with Crippen molar-refractivity contribution in [1.29, 1.82) is 0 Å². The zero-order chi connectivity index (χ0) is 25.3. The van der Waals surface area contributed by atoms with Gasteiger partial charge in [-0.3, -0.25) is 19.4 Å². The van der Waals surface area contributed by atoms with Gasteiger partial charge < -0.3 is 14.8 Å². The second-order valence-corrected chi connectivity index (χ2v) is 10.9. The summed E-state index contributed by atoms with van der Waals surface area (Å²) >= 11 is 0. The van der Waals surface area contributed by atoms with Crippen LogP contribution in [0.15, 0.2) is 38.8 Å². The molecule has 2 aliphatic heterocycles. The minimum Gasteiger partial charge on any atom is -0.368 e. The Hall–Kier alpha value is -3.25. The van der Waals surface area contributed by atoms with Crippen LogP contribution < -0.4 is 16.1 Å². The number of aryl methyl sites for hydroxylation is 1. The predicted molar refractivity (Wildman–Crippen MR) is 129 cm³/mol. The Kier molecular flexibility index (Phi) is 6.95. The molecule has 0 bridgehead atoms. The molecule has 188 valence electrons. The molecule has 0 aliphatic carbocycles. The van der Waals surface area contributed by atoms with Crippen LogP contribution in [-0.2, 0) is 14.8 Å². The number of aromatic amines is 2. The SMILES string of the molecule is CC(=O)c1ccc(N2CCN(C(=O)[C@H]3CCCN(S(=O)(=O)c4c(C)[nH]c(=O)[nH]c4=O)C3)CC2)cc1. The van der Waals surface area contributed by atoms with Crippen LogP contribution in [0.1, 0.15) is 35.8 Å². The zero-order valence-electron chi connectivity index (χ0n) is 19.7. The molecule has 2 aliphatic rings. The van der Waals surface area contributed by atoms with Gasteiger partial charge in [-0.1, -0.05) is 0 Å². The minimum absolute atomic E-state index is 0.00804. The molecule has 4 rings (SSSR count). The Morgan fingerprint density at radius 2 is 1.63 bits per heavy atom. The van der Waals surface area contributed by atoms with Gasteiger partial charge in [0.25, 0.3) is 5.56 Å². The predicted octanol–water partition coefficient (Wildman–Crippen LogP) is 0.324. The molecule has 11 nitrogen and oxygen atoms in total. The van der Waals surface area contributed by atoms with Crippen molar-refractivity contribution in [3.63, 3.8) is 0 Å². The van der Waals surface area contributed by atoms with Gasteiger partial charge in [0.2, 0.25) is 15.9 Å². The van der Waals surface area contributed by atoms with Gasteiger partial charge in [-0.15, -0.1) is 0 Å². The van der Waals surface area contributed by atoms with Crippen LogP contribution in [0, 0.1) is 12.8 Å². The third-order valence-corrected chi connectivity index (χ3v) is 8.66. The first-order chi connectivity index (χ1) is 16.6. The summed E-state index contributed by atoms with van der Waals surface area (Å²) in [6, 6.07) is 7.39. The highest BCUT2D eigenvalue weighted by molar-refractivity contribution is 7.89. The molecule has 12 heteroatoms. The van der Waals surface area contributed by atoms with Crippen LogP contribution in [0.2, 0.25) is 0 Å². The summed E-state index contributed by atoms with van der Waals surface area (Å²) in [5, 5.41) is 0. The second-order valence-electron chi connectivity index (χ2n) is 8.98. The van der Waals surface area contributed by atoms with Crippen LogP contribution in [-0.4, -0.2) is 78.5 Å². The lowest BCUT2D eigenvalue weighted by atomic mass is 9.97. The molecule has 0 radical (unpaired) electrons. The third-order valence-electron chi connectivity index (χ3n) is 6.64. The monoisotopic (exact) mass is 503 g/mol. The topological polar surface area (TPSA) is 144 Å². The van der Waals surface area contributed by atoms with Crippen molar-refractivity contribution < 1.29 is 18.0 Å². The normalized spacial score (nSPS) is 19.5. The highest BCUT2D eigenvalue weighted by Crippen LogP contribution is 2.25. The molecule has 0 spiro atoms. The number of nitrogens with one attached hydrogen (secondary N) is 2. The van der Waals surface area contributed by atoms with Gasteiger partial charge in [-0.2, -0.15) is 4.31 Å². The summed E-state index contributed by atoms with van der Waals surface area (Å²) in [4.78, 5) is 56.1. The van der Waals surface area contributed by atoms with E-state index in [4.69, 9.17) is 0 Å². The van der Waals surface area contributed by atoms with Crippen LogP contribution in [0.3, 0.4) is 0 Å². The Morgan fingerprint density at radius 3 is 2.23 bits per heavy atom. The average molecular weight is 504 g/mol. The number of sulfonamides is 1. The first kappa shape index (κ1) is 24.9. The molecule has 2 fully saturated rings. The van der Waals surface area contributed by atoms with Gasteiger partial charge in [0.05, 0.1) is 5.92 Å². The van der Waals surface area contributed by atoms with E-state index in [2.05, 4.69) is 9.88 Å². The second kappa shape index (κ2) is 9.78. The number of piperazine rings is 1. The van der Waals surface area contributed by atoms with Crippen molar-refractivity contribution in [2.75, 3.05) is 44.2 Å². The number of Topliss-reactive ketones (excluding diaryl/α,β-unsaturated/α-hetero) is 1. The quantitative estimate of drug-likeness (QED) is 0.560. The fraction of sp³-hybridized carbons (Fsp3) is 0.478. The Labute approximate surface area is 202 Å². The molecule has 35 heavy (non-hydrogen) atoms. The van der Waals surface area contributed by atoms with E-state index in [1.54, 1.807) is 17.0 Å². The van der Waals surface area contributed by atoms with E-state index in [0.29, 0.717) is 44.6 Å². The van der Waals surface area contributed by atoms with Crippen LogP contribution in [0.5, 0.6) is 0 Å². The van der Waals surface area contributed by atoms with Crippen molar-refractivity contribution >= 4 is 27.4 Å². The summed E-state index contributed by atoms with van der Waals surface area (Å²) in [6.45, 7) is 5.36. The standard InChI is InChI=1S/C23H29N5O6S/c1-15-20(21(30)25-23(32)24-15)35(33,34)28-9-3-4-18(14-28)22(31)27-12-10-26(11-13-27)19-7-5-17(6-8-19)16(2)29/h5-8,18H,3-4,9-14H2,1-2H3,(H2,24,25,30,32)/t18-/m0/s1. The molecule has 1 atom stereocenters. The molecule has 3 heterocycles. The fourth-order valence-electron chi connectivity index (χ4n) is 4.74. The lowest BCUT2D eigenvalue weighted by Gasteiger charge is -2.39. The number of amides is 1. The maximum absolute atomic E-state index is 13.2. The molecule has 0 saturated carbocycles. The average Bonchev–Trinajstić information content (AvgIpc) is 2.83. The summed E-state index contributed by atoms with van der Waals surface area (Å²) in [5.74, 6) is -0.582. The summed E-state index contributed by atoms with van der Waals surface area (Å²) in [7, 11) is -4.18. The number of carbonyl (C=O) groups is 2. The van der Waals surface area contributed by atoms with E-state index in [-0.39, 0.29) is 30.5 Å². The van der Waals surface area contributed by atoms with E-state index in [9.17, 15) is 27.6 Å². The fourth-order valence-corrected chi connectivity index (χ4v) is 6.47. The van der Waals surface area contributed by atoms with Crippen molar-refractivity contribution in [3.8, 4) is 0 Å². The molecule has 2 N–H and O–H groups in total. The van der Waals surface area contributed by atoms with E-state index in [1.165, 1.54) is 18.2 Å². The van der Waals surface area contributed by atoms with Gasteiger partial charge in [0.15, 0.2) is 10.7 Å². The van der Waals surface area contributed by atoms with Gasteiger partial charge in [-0.05, 0) is 51.0 Å². The number of benzene rings is 1. The number of aromatic nitrogens is 2. The first-order valence-corrected chi connectivity index (χ1v) is 13.0. The number of carbonyl (C=O) groups excluding carboxylic acids is 2. The molecule has 1 amide bonds. The van der Waals surface area contributed by atoms with Crippen LogP contribution in [0.4, 0.5) is 5.69 Å². The van der Waals surface area contributed by atoms with E-state index in [0.717, 1.165) is 5.69 Å². The third kappa shape index (κ3) is 5.08. The number of anilines is 1. The Bertz CT molecular complexity index is 1340. The van der Waals surface area contributed by atoms with Gasteiger partial charge in [0.1, 0.15) is 0 Å². The largest absolute Gasteiger partial charge is 0.368 e. The number of ketones is 1. The van der Waals surface area contributed by atoms with Crippen LogP contribution in [0.25, 0.3) is 0 Å². The zero-order valence-corrected chi connectivity index (χ0v) is 20.6. The van der Waals surface area contributed by atoms with Gasteiger partial charge in [-0.25, -0.2) is 13.2 Å². The maximum Gasteiger partial charge on any atom is 0.325 e. The number of piperidine rings is 1. The summed E-state index contributed by atoms with van der Waals surface area (Å²) < 4.78 is 27.5. The van der Waals surface area contributed by atoms with Crippen molar-refractivity contribution in [3.05, 3.63) is 56.4 Å². The lowest BCUT2D eigenvalue weighted by Crippen LogP contribution is -2.53. The maximum atomic E-state index is 13.2. The summed E-state index contributed by atoms with van der Waals surface area (Å²) in [6.07, 6.45) is 1.07. The number of hydrogen-bond acceptors (Lipinski definition) is 7. The van der Waals surface area contributed by atoms with Gasteiger partial charge in [0, 0.05) is 56.2 Å². The van der Waals surface area contributed by atoms with E-state index in [1.807, 2.05) is 17.1 Å². The minimum atomic E-state index is -4.18. The summed E-state index contributed by atoms with van der Waals surface area (Å²) in [5.41, 5.74) is -0.129. The van der Waals surface area contributed by atoms with E-state index < -0.39 is 32.1 Å². The lowest BCUT2D eigenvalue weighted by molar-refractivity contribution is -0.137. The molecule has 1 aromatic carbocycles. The van der Waals surface area contributed by atoms with Crippen molar-refractivity contribution in [2.24, 2.45) is 5.92 Å². The molecular weight excluding hydrogens is 474 g/mol. The molecule has 1 aromatic heterocycles. The Balaban J connectivity index is 1.41. The van der Waals surface area contributed by atoms with Crippen molar-refractivity contribution in [2.45, 2.75) is 31.6 Å². The highest BCUT2D eigenvalue weighted by Gasteiger charge is 2.37. The number of H-pyrrole nitrogens is 2. The smallest absolute Gasteiger partial charge is 0.325 e. The van der Waals surface area contributed by atoms with Crippen molar-refractivity contribution in [1.82, 2.24) is 19.2 Å². The van der Waals surface area contributed by atoms with Gasteiger partial charge >= 0.3 is 5.69 Å². The Morgan fingerprint density at radius 1 is 0.971 bits per heavy atom. The molecule has 0 unspecified atom stereocenters.